The number of aromatic nitrogens is 2. The number of hydrogen-bond donors (Lipinski definition) is 1. The molecule has 2 aromatic rings. The first-order valence-electron chi connectivity index (χ1n) is 16.4. The molecule has 3 aliphatic heterocycles. The predicted molar refractivity (Wildman–Crippen MR) is 171 cm³/mol. The molecule has 9 heteroatoms. The van der Waals surface area contributed by atoms with Crippen molar-refractivity contribution in [3.05, 3.63) is 40.6 Å². The number of benzene rings is 1. The minimum atomic E-state index is -0.551. The number of nitrogens with zero attached hydrogens (tertiary/aromatic N) is 6. The van der Waals surface area contributed by atoms with Crippen LogP contribution in [0.1, 0.15) is 94.0 Å². The average Bonchev–Trinajstić information content (AvgIpc) is 3.37. The van der Waals surface area contributed by atoms with Crippen LogP contribution in [-0.4, -0.2) is 59.9 Å². The van der Waals surface area contributed by atoms with Gasteiger partial charge in [0.25, 0.3) is 0 Å². The number of anilines is 2. The number of halogens is 1. The first-order valence-corrected chi connectivity index (χ1v) is 16.4. The van der Waals surface area contributed by atoms with E-state index in [-0.39, 0.29) is 16.9 Å². The van der Waals surface area contributed by atoms with Crippen molar-refractivity contribution in [2.45, 2.75) is 103 Å². The maximum atomic E-state index is 12.8. The van der Waals surface area contributed by atoms with E-state index >= 15 is 0 Å². The largest absolute Gasteiger partial charge is 0.467 e. The van der Waals surface area contributed by atoms with Crippen LogP contribution >= 0.6 is 0 Å². The maximum absolute atomic E-state index is 12.8. The molecule has 236 valence electrons. The van der Waals surface area contributed by atoms with E-state index in [0.29, 0.717) is 23.8 Å². The van der Waals surface area contributed by atoms with E-state index < -0.39 is 6.17 Å². The zero-order valence-electron chi connectivity index (χ0n) is 26.7. The van der Waals surface area contributed by atoms with Gasteiger partial charge >= 0.3 is 6.01 Å². The van der Waals surface area contributed by atoms with Crippen LogP contribution in [-0.2, 0) is 19.3 Å². The number of hydrogen-bond acceptors (Lipinski definition) is 8. The normalized spacial score (nSPS) is 28.1. The van der Waals surface area contributed by atoms with E-state index in [1.807, 2.05) is 18.2 Å². The highest BCUT2D eigenvalue weighted by Crippen LogP contribution is 2.42. The summed E-state index contributed by atoms with van der Waals surface area (Å²) in [5.74, 6) is 1.14. The van der Waals surface area contributed by atoms with E-state index in [0.717, 1.165) is 101 Å². The number of fused-ring (bicyclic) bond motifs is 2. The summed E-state index contributed by atoms with van der Waals surface area (Å²) in [6, 6.07) is 10.8. The van der Waals surface area contributed by atoms with E-state index in [1.54, 1.807) is 7.11 Å². The smallest absolute Gasteiger partial charge is 0.318 e. The topological polar surface area (TPSA) is 115 Å². The number of nitrogen functional groups attached to an aromatic ring is 1. The predicted octanol–water partition coefficient (Wildman–Crippen LogP) is 6.17. The molecule has 0 amide bonds. The van der Waals surface area contributed by atoms with Gasteiger partial charge in [-0.05, 0) is 114 Å². The summed E-state index contributed by atoms with van der Waals surface area (Å²) in [4.78, 5) is 14.2. The standard InChI is InChI=1S/C27H34N6O.C8H14FN/c1-27(11-3-5-19-7-8-23(30)21(15-19)18-29)12-9-22-24(16-27)31-26(34-2)32-25(22)33-13-4-6-20(17-28)10-14-33;1-8-3-2-4-10(8)6-7(9)5-8/h7-8,15,20H,3-6,9-14,16,30H2,1-2H3;7H,2-6H2,1H3. The van der Waals surface area contributed by atoms with Gasteiger partial charge in [-0.25, -0.2) is 4.39 Å². The van der Waals surface area contributed by atoms with Crippen molar-refractivity contribution in [3.63, 3.8) is 0 Å². The van der Waals surface area contributed by atoms with Crippen LogP contribution in [0.2, 0.25) is 0 Å². The molecule has 3 saturated heterocycles. The summed E-state index contributed by atoms with van der Waals surface area (Å²) in [7, 11) is 1.63. The first kappa shape index (κ1) is 32.0. The molecule has 4 aliphatic rings. The number of nitriles is 2. The first-order chi connectivity index (χ1) is 21.1. The lowest BCUT2D eigenvalue weighted by atomic mass is 9.71. The lowest BCUT2D eigenvalue weighted by Crippen LogP contribution is -2.34. The summed E-state index contributed by atoms with van der Waals surface area (Å²) in [5.41, 5.74) is 10.9. The highest BCUT2D eigenvalue weighted by Gasteiger charge is 2.44. The van der Waals surface area contributed by atoms with Crippen molar-refractivity contribution >= 4 is 11.5 Å². The Morgan fingerprint density at radius 1 is 1.11 bits per heavy atom. The zero-order valence-corrected chi connectivity index (χ0v) is 26.7. The minimum Gasteiger partial charge on any atom is -0.467 e. The van der Waals surface area contributed by atoms with Gasteiger partial charge in [0, 0.05) is 42.3 Å². The van der Waals surface area contributed by atoms with Crippen molar-refractivity contribution in [1.29, 1.82) is 10.5 Å². The molecule has 1 aromatic heterocycles. The fourth-order valence-corrected chi connectivity index (χ4v) is 7.80. The monoisotopic (exact) mass is 601 g/mol. The van der Waals surface area contributed by atoms with Crippen molar-refractivity contribution in [3.8, 4) is 18.1 Å². The molecule has 4 unspecified atom stereocenters. The second kappa shape index (κ2) is 13.7. The molecule has 8 nitrogen and oxygen atoms in total. The molecule has 0 spiro atoms. The molecular weight excluding hydrogens is 553 g/mol. The molecule has 44 heavy (non-hydrogen) atoms. The lowest BCUT2D eigenvalue weighted by molar-refractivity contribution is 0.217. The Hall–Kier alpha value is -3.43. The molecule has 1 aliphatic carbocycles. The molecule has 3 fully saturated rings. The molecule has 0 saturated carbocycles. The Kier molecular flexibility index (Phi) is 9.95. The highest BCUT2D eigenvalue weighted by atomic mass is 19.1. The summed E-state index contributed by atoms with van der Waals surface area (Å²) in [6.45, 7) is 8.15. The second-order valence-electron chi connectivity index (χ2n) is 13.9. The quantitative estimate of drug-likeness (QED) is 0.391. The lowest BCUT2D eigenvalue weighted by Gasteiger charge is -2.36. The third-order valence-corrected chi connectivity index (χ3v) is 10.5. The van der Waals surface area contributed by atoms with Gasteiger partial charge in [-0.3, -0.25) is 4.90 Å². The summed E-state index contributed by atoms with van der Waals surface area (Å²) in [5, 5.41) is 18.6. The van der Waals surface area contributed by atoms with E-state index in [4.69, 9.17) is 20.4 Å². The van der Waals surface area contributed by atoms with Crippen molar-refractivity contribution < 1.29 is 9.13 Å². The molecule has 0 bridgehead atoms. The minimum absolute atomic E-state index is 0.137. The van der Waals surface area contributed by atoms with Gasteiger partial charge in [0.2, 0.25) is 0 Å². The van der Waals surface area contributed by atoms with Crippen LogP contribution in [0.25, 0.3) is 0 Å². The number of aryl methyl sites for hydroxylation is 1. The molecule has 2 N–H and O–H groups in total. The average molecular weight is 602 g/mol. The maximum Gasteiger partial charge on any atom is 0.318 e. The molecule has 0 radical (unpaired) electrons. The van der Waals surface area contributed by atoms with Gasteiger partial charge in [0.05, 0.1) is 24.4 Å². The van der Waals surface area contributed by atoms with Gasteiger partial charge in [-0.15, -0.1) is 0 Å². The summed E-state index contributed by atoms with van der Waals surface area (Å²) >= 11 is 0. The Bertz CT molecular complexity index is 1400. The molecule has 6 rings (SSSR count). The number of rotatable bonds is 6. The van der Waals surface area contributed by atoms with Gasteiger partial charge in [-0.2, -0.15) is 20.5 Å². The summed E-state index contributed by atoms with van der Waals surface area (Å²) in [6.07, 6.45) is 11.6. The SMILES string of the molecule is CC12CCCN1CC(F)C2.COc1nc2c(c(N3CCCC(C#N)CC3)n1)CCC(C)(CCCc1ccc(N)c(C#N)c1)C2. The van der Waals surface area contributed by atoms with Crippen molar-refractivity contribution in [2.75, 3.05) is 43.9 Å². The van der Waals surface area contributed by atoms with Crippen LogP contribution in [0.5, 0.6) is 6.01 Å². The molecular formula is C35H48FN7O. The number of nitrogens with two attached hydrogens (primary N) is 1. The Balaban J connectivity index is 0.000000322. The van der Waals surface area contributed by atoms with Gasteiger partial charge < -0.3 is 15.4 Å². The highest BCUT2D eigenvalue weighted by molar-refractivity contribution is 5.55. The Labute approximate surface area is 262 Å². The van der Waals surface area contributed by atoms with Crippen LogP contribution in [0.3, 0.4) is 0 Å². The van der Waals surface area contributed by atoms with E-state index in [2.05, 4.69) is 35.8 Å². The Morgan fingerprint density at radius 2 is 1.95 bits per heavy atom. The van der Waals surface area contributed by atoms with Crippen molar-refractivity contribution in [1.82, 2.24) is 14.9 Å². The summed E-state index contributed by atoms with van der Waals surface area (Å²) < 4.78 is 18.3. The van der Waals surface area contributed by atoms with E-state index in [1.165, 1.54) is 18.4 Å². The zero-order chi connectivity index (χ0) is 31.3. The Morgan fingerprint density at radius 3 is 2.70 bits per heavy atom. The third-order valence-electron chi connectivity index (χ3n) is 10.5. The van der Waals surface area contributed by atoms with Crippen LogP contribution in [0.15, 0.2) is 18.2 Å². The van der Waals surface area contributed by atoms with E-state index in [9.17, 15) is 14.9 Å². The van der Waals surface area contributed by atoms with Gasteiger partial charge in [0.1, 0.15) is 18.1 Å². The second-order valence-corrected chi connectivity index (χ2v) is 13.9. The number of ether oxygens (including phenoxy) is 1. The van der Waals surface area contributed by atoms with Crippen molar-refractivity contribution in [2.24, 2.45) is 11.3 Å². The number of alkyl halides is 1. The fourth-order valence-electron chi connectivity index (χ4n) is 7.80. The number of methoxy groups -OCH3 is 1. The molecule has 4 atom stereocenters. The molecule has 1 aromatic carbocycles. The third kappa shape index (κ3) is 7.26. The van der Waals surface area contributed by atoms with Crippen LogP contribution in [0, 0.1) is 34.0 Å². The van der Waals surface area contributed by atoms with Gasteiger partial charge in [0.15, 0.2) is 0 Å². The fraction of sp³-hybridized carbons (Fsp3) is 0.657. The van der Waals surface area contributed by atoms with Crippen LogP contribution in [0.4, 0.5) is 15.9 Å². The van der Waals surface area contributed by atoms with Crippen LogP contribution < -0.4 is 15.4 Å². The molecule has 4 heterocycles. The van der Waals surface area contributed by atoms with Gasteiger partial charge in [-0.1, -0.05) is 13.0 Å².